The van der Waals surface area contributed by atoms with Crippen LogP contribution in [-0.4, -0.2) is 0 Å². The average Bonchev–Trinajstić information content (AvgIpc) is 2.67. The minimum Gasteiger partial charge on any atom is -0.421 e. The van der Waals surface area contributed by atoms with Crippen LogP contribution in [0.2, 0.25) is 0 Å². The molecule has 0 bridgehead atoms. The molecule has 0 heterocycles. The lowest BCUT2D eigenvalue weighted by atomic mass is 9.87. The summed E-state index contributed by atoms with van der Waals surface area (Å²) in [6.07, 6.45) is 6.74. The molecule has 0 saturated heterocycles. The van der Waals surface area contributed by atoms with Gasteiger partial charge in [-0.15, -0.1) is 0 Å². The zero-order valence-electron chi connectivity index (χ0n) is 17.1. The third-order valence-electron chi connectivity index (χ3n) is 4.80. The highest BCUT2D eigenvalue weighted by Gasteiger charge is 2.32. The highest BCUT2D eigenvalue weighted by atomic mass is 31.2. The zero-order valence-corrected chi connectivity index (χ0v) is 18.0. The third kappa shape index (κ3) is 5.25. The molecule has 0 radical (unpaired) electrons. The standard InChI is InChI=1S/C24H29O3P/c1-19-10-16-23(17-11-19)28(25,26-18-20-8-6-5-7-9-20)27-22-14-12-21(13-15-22)24(2,3)4/h5-10,12-17,19H,11,18H2,1-4H3. The van der Waals surface area contributed by atoms with Gasteiger partial charge in [-0.05, 0) is 47.1 Å². The van der Waals surface area contributed by atoms with Crippen LogP contribution < -0.4 is 4.52 Å². The van der Waals surface area contributed by atoms with Crippen molar-refractivity contribution in [3.05, 3.63) is 89.3 Å². The van der Waals surface area contributed by atoms with Gasteiger partial charge in [-0.1, -0.05) is 82.3 Å². The van der Waals surface area contributed by atoms with Gasteiger partial charge in [0.05, 0.1) is 11.9 Å². The Hall–Kier alpha value is -2.09. The van der Waals surface area contributed by atoms with E-state index in [1.165, 1.54) is 5.56 Å². The van der Waals surface area contributed by atoms with E-state index >= 15 is 0 Å². The summed E-state index contributed by atoms with van der Waals surface area (Å²) in [5.74, 6) is 0.981. The van der Waals surface area contributed by atoms with E-state index < -0.39 is 7.60 Å². The lowest BCUT2D eigenvalue weighted by Gasteiger charge is -2.24. The number of hydrogen-bond acceptors (Lipinski definition) is 3. The molecule has 1 aliphatic rings. The topological polar surface area (TPSA) is 35.5 Å². The Balaban J connectivity index is 1.83. The predicted molar refractivity (Wildman–Crippen MR) is 116 cm³/mol. The van der Waals surface area contributed by atoms with Crippen molar-refractivity contribution in [1.82, 2.24) is 0 Å². The van der Waals surface area contributed by atoms with E-state index in [2.05, 4.69) is 33.8 Å². The van der Waals surface area contributed by atoms with Gasteiger partial charge in [-0.2, -0.15) is 0 Å². The second-order valence-electron chi connectivity index (χ2n) is 8.32. The van der Waals surface area contributed by atoms with Crippen molar-refractivity contribution in [2.24, 2.45) is 5.92 Å². The smallest absolute Gasteiger partial charge is 0.410 e. The van der Waals surface area contributed by atoms with Crippen LogP contribution in [0.1, 0.15) is 45.2 Å². The van der Waals surface area contributed by atoms with Crippen molar-refractivity contribution in [2.45, 2.75) is 46.1 Å². The Morgan fingerprint density at radius 1 is 1.04 bits per heavy atom. The van der Waals surface area contributed by atoms with Crippen molar-refractivity contribution in [3.63, 3.8) is 0 Å². The van der Waals surface area contributed by atoms with Crippen molar-refractivity contribution in [3.8, 4) is 5.75 Å². The first-order valence-electron chi connectivity index (χ1n) is 9.74. The Morgan fingerprint density at radius 3 is 2.29 bits per heavy atom. The number of rotatable bonds is 6. The van der Waals surface area contributed by atoms with Gasteiger partial charge in [0.15, 0.2) is 0 Å². The molecule has 3 nitrogen and oxygen atoms in total. The van der Waals surface area contributed by atoms with Gasteiger partial charge in [-0.3, -0.25) is 4.52 Å². The molecule has 2 atom stereocenters. The summed E-state index contributed by atoms with van der Waals surface area (Å²) in [6, 6.07) is 17.5. The molecule has 0 amide bonds. The summed E-state index contributed by atoms with van der Waals surface area (Å²) in [7, 11) is -3.49. The third-order valence-corrected chi connectivity index (χ3v) is 6.68. The molecule has 0 aliphatic heterocycles. The zero-order chi connectivity index (χ0) is 20.2. The molecule has 2 unspecified atom stereocenters. The summed E-state index contributed by atoms with van der Waals surface area (Å²) in [5, 5.41) is 0.626. The van der Waals surface area contributed by atoms with Crippen LogP contribution in [0, 0.1) is 5.92 Å². The first-order valence-corrected chi connectivity index (χ1v) is 11.3. The molecule has 28 heavy (non-hydrogen) atoms. The second-order valence-corrected chi connectivity index (χ2v) is 10.3. The van der Waals surface area contributed by atoms with Crippen LogP contribution in [0.4, 0.5) is 0 Å². The molecule has 148 valence electrons. The molecule has 2 aromatic rings. The Labute approximate surface area is 168 Å². The van der Waals surface area contributed by atoms with Crippen LogP contribution >= 0.6 is 7.60 Å². The number of hydrogen-bond donors (Lipinski definition) is 0. The van der Waals surface area contributed by atoms with Gasteiger partial charge in [0.2, 0.25) is 0 Å². The molecule has 4 heteroatoms. The monoisotopic (exact) mass is 396 g/mol. The molecule has 2 aromatic carbocycles. The van der Waals surface area contributed by atoms with Gasteiger partial charge in [0.1, 0.15) is 5.75 Å². The van der Waals surface area contributed by atoms with E-state index in [-0.39, 0.29) is 12.0 Å². The van der Waals surface area contributed by atoms with Crippen molar-refractivity contribution in [1.29, 1.82) is 0 Å². The van der Waals surface area contributed by atoms with E-state index in [9.17, 15) is 4.57 Å². The summed E-state index contributed by atoms with van der Waals surface area (Å²) < 4.78 is 25.6. The average molecular weight is 396 g/mol. The van der Waals surface area contributed by atoms with Crippen LogP contribution in [0.5, 0.6) is 5.75 Å². The van der Waals surface area contributed by atoms with E-state index in [0.29, 0.717) is 17.0 Å². The molecular formula is C24H29O3P. The molecule has 0 spiro atoms. The fourth-order valence-corrected chi connectivity index (χ4v) is 4.58. The first-order chi connectivity index (χ1) is 13.3. The molecule has 3 rings (SSSR count). The summed E-state index contributed by atoms with van der Waals surface area (Å²) in [6.45, 7) is 8.85. The summed E-state index contributed by atoms with van der Waals surface area (Å²) in [5.41, 5.74) is 2.21. The molecule has 0 fully saturated rings. The molecule has 0 aromatic heterocycles. The van der Waals surface area contributed by atoms with E-state index in [1.54, 1.807) is 0 Å². The Kier molecular flexibility index (Phi) is 6.27. The van der Waals surface area contributed by atoms with Gasteiger partial charge >= 0.3 is 7.60 Å². The number of benzene rings is 2. The maximum atomic E-state index is 13.7. The van der Waals surface area contributed by atoms with Gasteiger partial charge in [0, 0.05) is 0 Å². The van der Waals surface area contributed by atoms with Crippen LogP contribution in [0.25, 0.3) is 0 Å². The van der Waals surface area contributed by atoms with Crippen molar-refractivity contribution < 1.29 is 13.6 Å². The minimum absolute atomic E-state index is 0.0524. The van der Waals surface area contributed by atoms with Crippen LogP contribution in [0.15, 0.2) is 78.1 Å². The Morgan fingerprint density at radius 2 is 1.71 bits per heavy atom. The molecule has 1 aliphatic carbocycles. The highest BCUT2D eigenvalue weighted by Crippen LogP contribution is 2.58. The predicted octanol–water partition coefficient (Wildman–Crippen LogP) is 7.25. The Bertz CT molecular complexity index is 890. The molecule has 0 saturated carbocycles. The fraction of sp³-hybridized carbons (Fsp3) is 0.333. The summed E-state index contributed by atoms with van der Waals surface area (Å²) in [4.78, 5) is 0. The minimum atomic E-state index is -3.49. The van der Waals surface area contributed by atoms with E-state index in [0.717, 1.165) is 12.0 Å². The maximum Gasteiger partial charge on any atom is 0.410 e. The first kappa shape index (κ1) is 20.6. The summed E-state index contributed by atoms with van der Waals surface area (Å²) >= 11 is 0. The highest BCUT2D eigenvalue weighted by molar-refractivity contribution is 7.59. The number of allylic oxidation sites excluding steroid dienone is 4. The molecule has 0 N–H and O–H groups in total. The molecular weight excluding hydrogens is 367 g/mol. The maximum absolute atomic E-state index is 13.7. The van der Waals surface area contributed by atoms with Gasteiger partial charge < -0.3 is 4.52 Å². The quantitative estimate of drug-likeness (QED) is 0.482. The SMILES string of the molecule is CC1C=CC(P(=O)(OCc2ccccc2)Oc2ccc(C(C)(C)C)cc2)=CC1. The van der Waals surface area contributed by atoms with Crippen LogP contribution in [0.3, 0.4) is 0 Å². The largest absolute Gasteiger partial charge is 0.421 e. The van der Waals surface area contributed by atoms with Crippen molar-refractivity contribution in [2.75, 3.05) is 0 Å². The normalized spacial score (nSPS) is 19.0. The van der Waals surface area contributed by atoms with Crippen molar-refractivity contribution >= 4 is 7.60 Å². The van der Waals surface area contributed by atoms with Gasteiger partial charge in [-0.25, -0.2) is 4.57 Å². The van der Waals surface area contributed by atoms with E-state index in [1.807, 2.05) is 66.7 Å². The van der Waals surface area contributed by atoms with E-state index in [4.69, 9.17) is 9.05 Å². The van der Waals surface area contributed by atoms with Crippen LogP contribution in [-0.2, 0) is 21.1 Å². The van der Waals surface area contributed by atoms with Gasteiger partial charge in [0.25, 0.3) is 0 Å². The second kappa shape index (κ2) is 8.51. The fourth-order valence-electron chi connectivity index (χ4n) is 2.96. The lowest BCUT2D eigenvalue weighted by Crippen LogP contribution is -2.10. The lowest BCUT2D eigenvalue weighted by molar-refractivity contribution is 0.261.